The van der Waals surface area contributed by atoms with E-state index >= 15 is 0 Å². The first-order valence-electron chi connectivity index (χ1n) is 6.40. The van der Waals surface area contributed by atoms with Crippen LogP contribution in [0.4, 0.5) is 5.69 Å². The summed E-state index contributed by atoms with van der Waals surface area (Å²) < 4.78 is 5.12. The predicted octanol–water partition coefficient (Wildman–Crippen LogP) is 2.95. The van der Waals surface area contributed by atoms with E-state index in [1.54, 1.807) is 24.3 Å². The second kappa shape index (κ2) is 5.27. The summed E-state index contributed by atoms with van der Waals surface area (Å²) in [7, 11) is 1.25. The summed E-state index contributed by atoms with van der Waals surface area (Å²) in [5, 5.41) is 12.8. The molecule has 1 aliphatic rings. The number of benzene rings is 2. The van der Waals surface area contributed by atoms with Crippen LogP contribution in [-0.4, -0.2) is 29.3 Å². The second-order valence-corrected chi connectivity index (χ2v) is 5.08. The molecule has 0 spiro atoms. The van der Waals surface area contributed by atoms with Crippen LogP contribution in [0.25, 0.3) is 0 Å². The zero-order valence-corrected chi connectivity index (χ0v) is 12.3. The highest BCUT2D eigenvalue weighted by molar-refractivity contribution is 6.54. The number of esters is 1. The molecule has 5 nitrogen and oxygen atoms in total. The van der Waals surface area contributed by atoms with Crippen molar-refractivity contribution in [1.82, 2.24) is 0 Å². The van der Waals surface area contributed by atoms with Gasteiger partial charge in [-0.05, 0) is 24.3 Å². The van der Waals surface area contributed by atoms with Crippen molar-refractivity contribution >= 4 is 34.8 Å². The van der Waals surface area contributed by atoms with Gasteiger partial charge in [-0.1, -0.05) is 23.7 Å². The van der Waals surface area contributed by atoms with Gasteiger partial charge in [0.25, 0.3) is 11.5 Å². The molecule has 0 radical (unpaired) electrons. The molecule has 22 heavy (non-hydrogen) atoms. The first kappa shape index (κ1) is 14.3. The zero-order valence-electron chi connectivity index (χ0n) is 11.5. The van der Waals surface area contributed by atoms with Crippen LogP contribution in [-0.2, 0) is 4.74 Å². The number of ether oxygens (including phenoxy) is 1. The van der Waals surface area contributed by atoms with Crippen LogP contribution < -0.4 is 0 Å². The monoisotopic (exact) mass is 315 g/mol. The quantitative estimate of drug-likeness (QED) is 0.485. The lowest BCUT2D eigenvalue weighted by atomic mass is 10.0. The van der Waals surface area contributed by atoms with Crippen molar-refractivity contribution in [3.63, 3.8) is 0 Å². The van der Waals surface area contributed by atoms with Crippen molar-refractivity contribution in [1.29, 1.82) is 0 Å². The lowest BCUT2D eigenvalue weighted by molar-refractivity contribution is -0.355. The van der Waals surface area contributed by atoms with Gasteiger partial charge in [0, 0.05) is 6.07 Å². The first-order chi connectivity index (χ1) is 10.5. The molecule has 0 aromatic heterocycles. The highest BCUT2D eigenvalue weighted by Gasteiger charge is 2.38. The van der Waals surface area contributed by atoms with Gasteiger partial charge in [0.05, 0.1) is 23.3 Å². The van der Waals surface area contributed by atoms with Crippen LogP contribution in [0, 0.1) is 5.21 Å². The van der Waals surface area contributed by atoms with Crippen LogP contribution in [0.2, 0.25) is 5.02 Å². The number of rotatable bonds is 2. The number of ketones is 1. The van der Waals surface area contributed by atoms with E-state index in [4.69, 9.17) is 11.6 Å². The van der Waals surface area contributed by atoms with Crippen molar-refractivity contribution in [2.24, 2.45) is 0 Å². The first-order valence-corrected chi connectivity index (χ1v) is 6.78. The molecular weight excluding hydrogens is 306 g/mol. The topological polar surface area (TPSA) is 69.4 Å². The lowest BCUT2D eigenvalue weighted by Crippen LogP contribution is -2.16. The molecule has 6 heteroatoms. The van der Waals surface area contributed by atoms with Crippen molar-refractivity contribution < 1.29 is 19.1 Å². The van der Waals surface area contributed by atoms with Crippen LogP contribution in [0.1, 0.15) is 26.3 Å². The summed E-state index contributed by atoms with van der Waals surface area (Å²) in [6.45, 7) is 0. The molecule has 0 N–H and O–H groups in total. The van der Waals surface area contributed by atoms with Crippen molar-refractivity contribution in [3.05, 3.63) is 69.4 Å². The SMILES string of the molecule is COC(=O)c1ccc2c(c1)[N+]([O-])=C(c1ccccc1Cl)C2=O. The number of hydrogen-bond acceptors (Lipinski definition) is 4. The molecule has 110 valence electrons. The Labute approximate surface area is 131 Å². The lowest BCUT2D eigenvalue weighted by Gasteiger charge is -2.04. The number of nitrogens with zero attached hydrogens (tertiary/aromatic N) is 1. The summed E-state index contributed by atoms with van der Waals surface area (Å²) in [5.74, 6) is -0.996. The third-order valence-electron chi connectivity index (χ3n) is 3.43. The third-order valence-corrected chi connectivity index (χ3v) is 3.76. The average Bonchev–Trinajstić information content (AvgIpc) is 2.78. The minimum absolute atomic E-state index is 0.0531. The van der Waals surface area contributed by atoms with E-state index in [9.17, 15) is 14.8 Å². The fourth-order valence-corrected chi connectivity index (χ4v) is 2.59. The van der Waals surface area contributed by atoms with E-state index in [0.717, 1.165) is 0 Å². The molecule has 0 saturated heterocycles. The summed E-state index contributed by atoms with van der Waals surface area (Å²) in [6, 6.07) is 10.9. The van der Waals surface area contributed by atoms with E-state index in [0.29, 0.717) is 15.3 Å². The van der Waals surface area contributed by atoms with Crippen LogP contribution in [0.15, 0.2) is 42.5 Å². The number of carbonyl (C=O) groups is 2. The fourth-order valence-electron chi connectivity index (χ4n) is 2.36. The minimum atomic E-state index is -0.574. The maximum atomic E-state index is 12.5. The highest BCUT2D eigenvalue weighted by atomic mass is 35.5. The molecule has 0 unspecified atom stereocenters. The number of methoxy groups -OCH3 is 1. The summed E-state index contributed by atoms with van der Waals surface area (Å²) >= 11 is 6.07. The molecule has 1 aliphatic heterocycles. The standard InChI is InChI=1S/C16H10ClNO4/c1-22-16(20)9-6-7-11-13(8-9)18(21)14(15(11)19)10-4-2-3-5-12(10)17/h2-8H,1H3. The Kier molecular flexibility index (Phi) is 3.42. The number of carbonyl (C=O) groups excluding carboxylic acids is 2. The van der Waals surface area contributed by atoms with Gasteiger partial charge in [0.1, 0.15) is 5.56 Å². The van der Waals surface area contributed by atoms with Gasteiger partial charge < -0.3 is 9.94 Å². The summed E-state index contributed by atoms with van der Waals surface area (Å²) in [6.07, 6.45) is 0. The molecule has 3 rings (SSSR count). The van der Waals surface area contributed by atoms with Crippen molar-refractivity contribution in [2.75, 3.05) is 7.11 Å². The Hall–Kier alpha value is -2.66. The smallest absolute Gasteiger partial charge is 0.338 e. The molecule has 0 amide bonds. The fraction of sp³-hybridized carbons (Fsp3) is 0.0625. The maximum Gasteiger partial charge on any atom is 0.338 e. The molecule has 0 atom stereocenters. The van der Waals surface area contributed by atoms with E-state index in [1.165, 1.54) is 25.3 Å². The second-order valence-electron chi connectivity index (χ2n) is 4.68. The highest BCUT2D eigenvalue weighted by Crippen LogP contribution is 2.31. The molecule has 2 aromatic rings. The normalized spacial score (nSPS) is 13.3. The Bertz CT molecular complexity index is 842. The Morgan fingerprint density at radius 2 is 1.91 bits per heavy atom. The molecule has 1 heterocycles. The Morgan fingerprint density at radius 1 is 1.18 bits per heavy atom. The van der Waals surface area contributed by atoms with Gasteiger partial charge in [-0.15, -0.1) is 0 Å². The number of fused-ring (bicyclic) bond motifs is 1. The molecule has 0 saturated carbocycles. The van der Waals surface area contributed by atoms with Crippen molar-refractivity contribution in [3.8, 4) is 0 Å². The number of Topliss-reactive ketones (excluding diaryl/α,β-unsaturated/α-hetero) is 1. The van der Waals surface area contributed by atoms with Crippen molar-refractivity contribution in [2.45, 2.75) is 0 Å². The molecule has 0 aliphatic carbocycles. The minimum Gasteiger partial charge on any atom is -0.618 e. The molecule has 0 bridgehead atoms. The molecule has 0 fully saturated rings. The number of halogens is 1. The largest absolute Gasteiger partial charge is 0.618 e. The van der Waals surface area contributed by atoms with E-state index < -0.39 is 11.8 Å². The van der Waals surface area contributed by atoms with E-state index in [1.807, 2.05) is 0 Å². The van der Waals surface area contributed by atoms with Gasteiger partial charge in [-0.3, -0.25) is 4.79 Å². The van der Waals surface area contributed by atoms with Crippen LogP contribution in [0.3, 0.4) is 0 Å². The Balaban J connectivity index is 2.18. The van der Waals surface area contributed by atoms with Gasteiger partial charge >= 0.3 is 5.97 Å². The van der Waals surface area contributed by atoms with Gasteiger partial charge in [0.15, 0.2) is 0 Å². The summed E-state index contributed by atoms with van der Waals surface area (Å²) in [4.78, 5) is 24.0. The third kappa shape index (κ3) is 2.07. The Morgan fingerprint density at radius 3 is 2.59 bits per heavy atom. The maximum absolute atomic E-state index is 12.5. The molecule has 2 aromatic carbocycles. The van der Waals surface area contributed by atoms with Crippen LogP contribution >= 0.6 is 11.6 Å². The number of hydrogen-bond donors (Lipinski definition) is 0. The van der Waals surface area contributed by atoms with Gasteiger partial charge in [-0.25, -0.2) is 4.79 Å². The molecular formula is C16H10ClNO4. The van der Waals surface area contributed by atoms with E-state index in [-0.39, 0.29) is 22.5 Å². The average molecular weight is 316 g/mol. The van der Waals surface area contributed by atoms with Crippen LogP contribution in [0.5, 0.6) is 0 Å². The summed E-state index contributed by atoms with van der Waals surface area (Å²) in [5.41, 5.74) is 0.860. The van der Waals surface area contributed by atoms with Gasteiger partial charge in [0.2, 0.25) is 5.69 Å². The predicted molar refractivity (Wildman–Crippen MR) is 81.0 cm³/mol. The zero-order chi connectivity index (χ0) is 15.9. The van der Waals surface area contributed by atoms with Gasteiger partial charge in [-0.2, -0.15) is 4.74 Å². The van der Waals surface area contributed by atoms with E-state index in [2.05, 4.69) is 4.74 Å².